The van der Waals surface area contributed by atoms with E-state index in [1.807, 2.05) is 38.1 Å². The molecule has 0 aromatic heterocycles. The number of amides is 2. The highest BCUT2D eigenvalue weighted by Crippen LogP contribution is 2.24. The van der Waals surface area contributed by atoms with E-state index in [-0.39, 0.29) is 25.0 Å². The third kappa shape index (κ3) is 7.32. The van der Waals surface area contributed by atoms with Crippen molar-refractivity contribution in [2.45, 2.75) is 39.3 Å². The average molecular weight is 563 g/mol. The first-order valence-electron chi connectivity index (χ1n) is 9.75. The van der Waals surface area contributed by atoms with Gasteiger partial charge in [0.05, 0.1) is 10.0 Å². The highest BCUT2D eigenvalue weighted by Gasteiger charge is 2.28. The molecule has 5 nitrogen and oxygen atoms in total. The second-order valence-electron chi connectivity index (χ2n) is 6.73. The quantitative estimate of drug-likeness (QED) is 0.399. The van der Waals surface area contributed by atoms with Crippen LogP contribution in [0.15, 0.2) is 42.5 Å². The molecule has 0 aliphatic rings. The topological polar surface area (TPSA) is 58.6 Å². The van der Waals surface area contributed by atoms with E-state index in [2.05, 4.69) is 27.9 Å². The summed E-state index contributed by atoms with van der Waals surface area (Å²) in [4.78, 5) is 27.3. The summed E-state index contributed by atoms with van der Waals surface area (Å²) in [5, 5.41) is 3.72. The molecule has 1 atom stereocenters. The molecular formula is C22H25Cl2IN2O3. The second-order valence-corrected chi connectivity index (χ2v) is 8.79. The van der Waals surface area contributed by atoms with Gasteiger partial charge in [-0.3, -0.25) is 9.59 Å². The van der Waals surface area contributed by atoms with E-state index < -0.39 is 6.04 Å². The summed E-state index contributed by atoms with van der Waals surface area (Å²) in [6.45, 7) is 4.48. The van der Waals surface area contributed by atoms with E-state index in [1.165, 1.54) is 4.90 Å². The molecule has 0 spiro atoms. The molecule has 0 aliphatic heterocycles. The van der Waals surface area contributed by atoms with Crippen molar-refractivity contribution < 1.29 is 14.3 Å². The van der Waals surface area contributed by atoms with Crippen LogP contribution in [0.5, 0.6) is 5.75 Å². The summed E-state index contributed by atoms with van der Waals surface area (Å²) in [7, 11) is 0. The largest absolute Gasteiger partial charge is 0.484 e. The van der Waals surface area contributed by atoms with Gasteiger partial charge in [-0.15, -0.1) is 0 Å². The zero-order chi connectivity index (χ0) is 22.1. The van der Waals surface area contributed by atoms with Crippen LogP contribution in [0.25, 0.3) is 0 Å². The molecule has 0 saturated carbocycles. The predicted octanol–water partition coefficient (Wildman–Crippen LogP) is 5.31. The molecule has 1 N–H and O–H groups in total. The zero-order valence-corrected chi connectivity index (χ0v) is 20.6. The Morgan fingerprint density at radius 2 is 1.80 bits per heavy atom. The van der Waals surface area contributed by atoms with Crippen molar-refractivity contribution in [3.8, 4) is 5.75 Å². The maximum atomic E-state index is 13.1. The molecule has 0 radical (unpaired) electrons. The SMILES string of the molecule is CCCNC(=O)[C@@H](CC)N(Cc1ccc(Cl)c(Cl)c1)C(=O)COc1ccc(I)cc1. The Bertz CT molecular complexity index is 862. The third-order valence-electron chi connectivity index (χ3n) is 4.45. The van der Waals surface area contributed by atoms with Crippen LogP contribution in [0.3, 0.4) is 0 Å². The molecule has 0 aliphatic carbocycles. The minimum Gasteiger partial charge on any atom is -0.484 e. The molecule has 0 heterocycles. The molecule has 0 unspecified atom stereocenters. The summed E-state index contributed by atoms with van der Waals surface area (Å²) in [5.74, 6) is 0.141. The van der Waals surface area contributed by atoms with E-state index in [0.717, 1.165) is 15.6 Å². The van der Waals surface area contributed by atoms with Gasteiger partial charge in [-0.1, -0.05) is 43.1 Å². The Morgan fingerprint density at radius 1 is 1.10 bits per heavy atom. The lowest BCUT2D eigenvalue weighted by Gasteiger charge is -2.30. The maximum absolute atomic E-state index is 13.1. The first-order chi connectivity index (χ1) is 14.3. The first-order valence-corrected chi connectivity index (χ1v) is 11.6. The highest BCUT2D eigenvalue weighted by molar-refractivity contribution is 14.1. The Morgan fingerprint density at radius 3 is 2.40 bits per heavy atom. The summed E-state index contributed by atoms with van der Waals surface area (Å²) in [6.07, 6.45) is 1.30. The number of carbonyl (C=O) groups is 2. The van der Waals surface area contributed by atoms with Crippen molar-refractivity contribution in [1.82, 2.24) is 10.2 Å². The van der Waals surface area contributed by atoms with Gasteiger partial charge in [-0.25, -0.2) is 0 Å². The second kappa shape index (κ2) is 12.4. The fourth-order valence-electron chi connectivity index (χ4n) is 2.88. The summed E-state index contributed by atoms with van der Waals surface area (Å²) in [6, 6.07) is 12.0. The van der Waals surface area contributed by atoms with Gasteiger partial charge in [0.15, 0.2) is 6.61 Å². The first kappa shape index (κ1) is 24.8. The van der Waals surface area contributed by atoms with E-state index in [0.29, 0.717) is 28.8 Å². The van der Waals surface area contributed by atoms with E-state index in [1.54, 1.807) is 18.2 Å². The molecule has 0 fully saturated rings. The number of ether oxygens (including phenoxy) is 1. The van der Waals surface area contributed by atoms with Crippen LogP contribution in [0.1, 0.15) is 32.3 Å². The summed E-state index contributed by atoms with van der Waals surface area (Å²) in [5.41, 5.74) is 0.786. The van der Waals surface area contributed by atoms with Crippen LogP contribution < -0.4 is 10.1 Å². The van der Waals surface area contributed by atoms with Gasteiger partial charge >= 0.3 is 0 Å². The molecule has 8 heteroatoms. The summed E-state index contributed by atoms with van der Waals surface area (Å²) < 4.78 is 6.74. The van der Waals surface area contributed by atoms with Gasteiger partial charge in [-0.05, 0) is 77.4 Å². The highest BCUT2D eigenvalue weighted by atomic mass is 127. The zero-order valence-electron chi connectivity index (χ0n) is 17.0. The average Bonchev–Trinajstić information content (AvgIpc) is 2.74. The van der Waals surface area contributed by atoms with Crippen molar-refractivity contribution in [3.63, 3.8) is 0 Å². The van der Waals surface area contributed by atoms with Crippen LogP contribution >= 0.6 is 45.8 Å². The Balaban J connectivity index is 2.21. The van der Waals surface area contributed by atoms with Crippen LogP contribution in [0, 0.1) is 3.57 Å². The number of hydrogen-bond acceptors (Lipinski definition) is 3. The molecule has 0 bridgehead atoms. The predicted molar refractivity (Wildman–Crippen MR) is 129 cm³/mol. The minimum atomic E-state index is -0.612. The standard InChI is InChI=1S/C22H25Cl2IN2O3/c1-3-11-26-22(29)20(4-2)27(13-15-5-10-18(23)19(24)12-15)21(28)14-30-17-8-6-16(25)7-9-17/h5-10,12,20H,3-4,11,13-14H2,1-2H3,(H,26,29)/t20-/m1/s1. The lowest BCUT2D eigenvalue weighted by Crippen LogP contribution is -2.50. The van der Waals surface area contributed by atoms with Crippen molar-refractivity contribution in [3.05, 3.63) is 61.6 Å². The Labute approximate surface area is 201 Å². The lowest BCUT2D eigenvalue weighted by molar-refractivity contribution is -0.143. The minimum absolute atomic E-state index is 0.167. The van der Waals surface area contributed by atoms with Crippen LogP contribution in [-0.4, -0.2) is 35.9 Å². The fourth-order valence-corrected chi connectivity index (χ4v) is 3.56. The summed E-state index contributed by atoms with van der Waals surface area (Å²) >= 11 is 14.3. The molecule has 2 rings (SSSR count). The van der Waals surface area contributed by atoms with Crippen molar-refractivity contribution >= 4 is 57.6 Å². The molecule has 162 valence electrons. The maximum Gasteiger partial charge on any atom is 0.261 e. The monoisotopic (exact) mass is 562 g/mol. The van der Waals surface area contributed by atoms with Gasteiger partial charge < -0.3 is 15.0 Å². The van der Waals surface area contributed by atoms with Gasteiger partial charge in [-0.2, -0.15) is 0 Å². The van der Waals surface area contributed by atoms with Gasteiger partial charge in [0.2, 0.25) is 5.91 Å². The van der Waals surface area contributed by atoms with Gasteiger partial charge in [0, 0.05) is 16.7 Å². The normalized spacial score (nSPS) is 11.6. The van der Waals surface area contributed by atoms with Gasteiger partial charge in [0.25, 0.3) is 5.91 Å². The molecule has 2 aromatic carbocycles. The molecular weight excluding hydrogens is 538 g/mol. The van der Waals surface area contributed by atoms with Crippen molar-refractivity contribution in [2.75, 3.05) is 13.2 Å². The Kier molecular flexibility index (Phi) is 10.2. The van der Waals surface area contributed by atoms with Crippen molar-refractivity contribution in [2.24, 2.45) is 0 Å². The number of carbonyl (C=O) groups excluding carboxylic acids is 2. The van der Waals surface area contributed by atoms with E-state index in [9.17, 15) is 9.59 Å². The third-order valence-corrected chi connectivity index (χ3v) is 5.91. The Hall–Kier alpha value is -1.51. The molecule has 2 aromatic rings. The molecule has 30 heavy (non-hydrogen) atoms. The van der Waals surface area contributed by atoms with Crippen LogP contribution in [-0.2, 0) is 16.1 Å². The van der Waals surface area contributed by atoms with Gasteiger partial charge in [0.1, 0.15) is 11.8 Å². The molecule has 2 amide bonds. The van der Waals surface area contributed by atoms with Crippen molar-refractivity contribution in [1.29, 1.82) is 0 Å². The smallest absolute Gasteiger partial charge is 0.261 e. The lowest BCUT2D eigenvalue weighted by atomic mass is 10.1. The number of benzene rings is 2. The fraction of sp³-hybridized carbons (Fsp3) is 0.364. The number of nitrogens with one attached hydrogen (secondary N) is 1. The number of hydrogen-bond donors (Lipinski definition) is 1. The van der Waals surface area contributed by atoms with Crippen LogP contribution in [0.4, 0.5) is 0 Å². The van der Waals surface area contributed by atoms with E-state index >= 15 is 0 Å². The number of rotatable bonds is 10. The number of nitrogens with zero attached hydrogens (tertiary/aromatic N) is 1. The van der Waals surface area contributed by atoms with E-state index in [4.69, 9.17) is 27.9 Å². The van der Waals surface area contributed by atoms with Crippen LogP contribution in [0.2, 0.25) is 10.0 Å². The number of halogens is 3. The molecule has 0 saturated heterocycles.